The van der Waals surface area contributed by atoms with Crippen LogP contribution in [0.1, 0.15) is 28.4 Å². The number of halogens is 1. The van der Waals surface area contributed by atoms with Crippen LogP contribution in [0.3, 0.4) is 0 Å². The van der Waals surface area contributed by atoms with Crippen molar-refractivity contribution >= 4 is 41.1 Å². The molecule has 8 heteroatoms. The Morgan fingerprint density at radius 1 is 1.35 bits per heavy atom. The Morgan fingerprint density at radius 3 is 2.85 bits per heavy atom. The lowest BCUT2D eigenvalue weighted by Gasteiger charge is -2.09. The summed E-state index contributed by atoms with van der Waals surface area (Å²) in [5, 5.41) is 16.8. The topological polar surface area (TPSA) is 83.0 Å². The maximum Gasteiger partial charge on any atom is 0.335 e. The van der Waals surface area contributed by atoms with E-state index >= 15 is 0 Å². The summed E-state index contributed by atoms with van der Waals surface area (Å²) in [7, 11) is 0. The number of rotatable bonds is 7. The van der Waals surface area contributed by atoms with E-state index in [2.05, 4.69) is 15.8 Å². The molecule has 0 bridgehead atoms. The van der Waals surface area contributed by atoms with Crippen molar-refractivity contribution in [3.05, 3.63) is 64.2 Å². The highest BCUT2D eigenvalue weighted by Crippen LogP contribution is 2.26. The van der Waals surface area contributed by atoms with E-state index in [4.69, 9.17) is 33.7 Å². The molecule has 6 nitrogen and oxygen atoms in total. The summed E-state index contributed by atoms with van der Waals surface area (Å²) in [4.78, 5) is 11.0. The normalized spacial score (nSPS) is 10.5. The van der Waals surface area contributed by atoms with Crippen LogP contribution in [0.15, 0.2) is 47.6 Å². The maximum absolute atomic E-state index is 11.0. The molecule has 0 spiro atoms. The molecule has 0 aliphatic carbocycles. The highest BCUT2D eigenvalue weighted by atomic mass is 35.5. The second-order valence-electron chi connectivity index (χ2n) is 5.21. The predicted molar refractivity (Wildman–Crippen MR) is 106 cm³/mol. The molecule has 2 aromatic carbocycles. The van der Waals surface area contributed by atoms with E-state index in [-0.39, 0.29) is 12.2 Å². The van der Waals surface area contributed by atoms with Gasteiger partial charge in [0.25, 0.3) is 0 Å². The number of thiocarbonyl (C=S) groups is 1. The summed E-state index contributed by atoms with van der Waals surface area (Å²) in [5.74, 6) is -0.476. The first kappa shape index (κ1) is 19.7. The van der Waals surface area contributed by atoms with Crippen LogP contribution in [0.25, 0.3) is 0 Å². The molecular weight excluding hydrogens is 374 g/mol. The molecular formula is C18H18ClN3O3S. The van der Waals surface area contributed by atoms with Gasteiger partial charge in [0.05, 0.1) is 16.8 Å². The van der Waals surface area contributed by atoms with E-state index in [0.29, 0.717) is 22.4 Å². The number of carboxylic acids is 1. The van der Waals surface area contributed by atoms with Gasteiger partial charge >= 0.3 is 5.97 Å². The lowest BCUT2D eigenvalue weighted by Crippen LogP contribution is -2.31. The maximum atomic E-state index is 11.0. The number of carbonyl (C=O) groups is 1. The number of ether oxygens (including phenoxy) is 1. The van der Waals surface area contributed by atoms with Crippen LogP contribution in [0.2, 0.25) is 5.02 Å². The van der Waals surface area contributed by atoms with Gasteiger partial charge in [0.2, 0.25) is 0 Å². The van der Waals surface area contributed by atoms with Gasteiger partial charge < -0.3 is 15.2 Å². The van der Waals surface area contributed by atoms with Gasteiger partial charge in [-0.2, -0.15) is 5.10 Å². The molecule has 26 heavy (non-hydrogen) atoms. The molecule has 0 saturated carbocycles. The molecule has 3 N–H and O–H groups in total. The number of benzene rings is 2. The largest absolute Gasteiger partial charge is 0.487 e. The van der Waals surface area contributed by atoms with Gasteiger partial charge in [-0.05, 0) is 60.6 Å². The van der Waals surface area contributed by atoms with E-state index < -0.39 is 5.97 Å². The zero-order valence-electron chi connectivity index (χ0n) is 14.0. The van der Waals surface area contributed by atoms with Gasteiger partial charge in [0.1, 0.15) is 12.4 Å². The minimum absolute atomic E-state index is 0.215. The molecule has 2 aromatic rings. The number of hydrazone groups is 1. The van der Waals surface area contributed by atoms with Crippen molar-refractivity contribution in [1.82, 2.24) is 10.7 Å². The van der Waals surface area contributed by atoms with E-state index in [1.54, 1.807) is 42.6 Å². The highest BCUT2D eigenvalue weighted by Gasteiger charge is 2.06. The van der Waals surface area contributed by atoms with Crippen molar-refractivity contribution < 1.29 is 14.6 Å². The third kappa shape index (κ3) is 6.02. The van der Waals surface area contributed by atoms with Crippen molar-refractivity contribution in [2.24, 2.45) is 5.10 Å². The minimum Gasteiger partial charge on any atom is -0.487 e. The highest BCUT2D eigenvalue weighted by molar-refractivity contribution is 7.80. The van der Waals surface area contributed by atoms with E-state index in [9.17, 15) is 4.79 Å². The lowest BCUT2D eigenvalue weighted by atomic mass is 10.1. The van der Waals surface area contributed by atoms with E-state index in [1.807, 2.05) is 6.92 Å². The smallest absolute Gasteiger partial charge is 0.335 e. The molecule has 0 unspecified atom stereocenters. The van der Waals surface area contributed by atoms with Gasteiger partial charge in [-0.1, -0.05) is 23.7 Å². The van der Waals surface area contributed by atoms with Gasteiger partial charge in [-0.25, -0.2) is 4.79 Å². The Kier molecular flexibility index (Phi) is 7.37. The molecule has 0 heterocycles. The Bertz CT molecular complexity index is 827. The molecule has 0 aliphatic rings. The molecule has 136 valence electrons. The van der Waals surface area contributed by atoms with Gasteiger partial charge in [-0.15, -0.1) is 0 Å². The van der Waals surface area contributed by atoms with Gasteiger partial charge in [0, 0.05) is 6.54 Å². The minimum atomic E-state index is -0.976. The van der Waals surface area contributed by atoms with Crippen LogP contribution in [0.5, 0.6) is 5.75 Å². The molecule has 0 saturated heterocycles. The fraction of sp³-hybridized carbons (Fsp3) is 0.167. The SMILES string of the molecule is CCNC(=S)N/N=C\c1ccc(OCc2cccc(C(=O)O)c2)c(Cl)c1. The Morgan fingerprint density at radius 2 is 2.15 bits per heavy atom. The molecule has 0 aromatic heterocycles. The number of nitrogens with zero attached hydrogens (tertiary/aromatic N) is 1. The first-order valence-electron chi connectivity index (χ1n) is 7.81. The third-order valence-corrected chi connectivity index (χ3v) is 3.77. The Labute approximate surface area is 161 Å². The second-order valence-corrected chi connectivity index (χ2v) is 6.03. The summed E-state index contributed by atoms with van der Waals surface area (Å²) in [6.07, 6.45) is 1.59. The van der Waals surface area contributed by atoms with Crippen molar-refractivity contribution in [3.8, 4) is 5.75 Å². The molecule has 0 atom stereocenters. The van der Waals surface area contributed by atoms with Crippen molar-refractivity contribution in [3.63, 3.8) is 0 Å². The van der Waals surface area contributed by atoms with Crippen LogP contribution in [-0.4, -0.2) is 28.9 Å². The molecule has 2 rings (SSSR count). The number of hydrogen-bond acceptors (Lipinski definition) is 4. The first-order chi connectivity index (χ1) is 12.5. The summed E-state index contributed by atoms with van der Waals surface area (Å²) >= 11 is 11.2. The van der Waals surface area contributed by atoms with E-state index in [1.165, 1.54) is 6.07 Å². The average molecular weight is 392 g/mol. The molecule has 0 aliphatic heterocycles. The lowest BCUT2D eigenvalue weighted by molar-refractivity contribution is 0.0696. The molecule has 0 fully saturated rings. The third-order valence-electron chi connectivity index (χ3n) is 3.24. The van der Waals surface area contributed by atoms with E-state index in [0.717, 1.165) is 11.1 Å². The molecule has 0 radical (unpaired) electrons. The predicted octanol–water partition coefficient (Wildman–Crippen LogP) is 3.44. The number of carboxylic acid groups (broad SMARTS) is 1. The zero-order valence-corrected chi connectivity index (χ0v) is 15.6. The second kappa shape index (κ2) is 9.74. The van der Waals surface area contributed by atoms with Gasteiger partial charge in [-0.3, -0.25) is 5.43 Å². The fourth-order valence-corrected chi connectivity index (χ4v) is 2.48. The summed E-state index contributed by atoms with van der Waals surface area (Å²) < 4.78 is 5.67. The van der Waals surface area contributed by atoms with Crippen LogP contribution in [0, 0.1) is 0 Å². The number of hydrogen-bond donors (Lipinski definition) is 3. The first-order valence-corrected chi connectivity index (χ1v) is 8.59. The van der Waals surface area contributed by atoms with Crippen LogP contribution in [-0.2, 0) is 6.61 Å². The zero-order chi connectivity index (χ0) is 18.9. The fourth-order valence-electron chi connectivity index (χ4n) is 2.04. The summed E-state index contributed by atoms with van der Waals surface area (Å²) in [6.45, 7) is 2.87. The van der Waals surface area contributed by atoms with Crippen molar-refractivity contribution in [2.75, 3.05) is 6.54 Å². The average Bonchev–Trinajstić information content (AvgIpc) is 2.61. The Hall–Kier alpha value is -2.64. The number of nitrogens with one attached hydrogen (secondary N) is 2. The Balaban J connectivity index is 1.97. The monoisotopic (exact) mass is 391 g/mol. The number of aromatic carboxylic acids is 1. The quantitative estimate of drug-likeness (QED) is 0.381. The van der Waals surface area contributed by atoms with Crippen LogP contribution < -0.4 is 15.5 Å². The van der Waals surface area contributed by atoms with Crippen molar-refractivity contribution in [2.45, 2.75) is 13.5 Å². The van der Waals surface area contributed by atoms with Crippen molar-refractivity contribution in [1.29, 1.82) is 0 Å². The summed E-state index contributed by atoms with van der Waals surface area (Å²) in [5.41, 5.74) is 4.43. The molecule has 0 amide bonds. The standard InChI is InChI=1S/C18H18ClN3O3S/c1-2-20-18(26)22-21-10-12-6-7-16(15(19)9-12)25-11-13-4-3-5-14(8-13)17(23)24/h3-10H,2,11H2,1H3,(H,23,24)(H2,20,22,26)/b21-10-. The van der Waals surface area contributed by atoms with Crippen LogP contribution in [0.4, 0.5) is 0 Å². The van der Waals surface area contributed by atoms with Gasteiger partial charge in [0.15, 0.2) is 5.11 Å². The summed E-state index contributed by atoms with van der Waals surface area (Å²) in [6, 6.07) is 11.8. The van der Waals surface area contributed by atoms with Crippen LogP contribution >= 0.6 is 23.8 Å².